The van der Waals surface area contributed by atoms with Gasteiger partial charge in [-0.2, -0.15) is 5.21 Å². The number of hydrogen-bond donors (Lipinski definition) is 1. The molecule has 1 rings (SSSR count). The minimum atomic E-state index is 0. The summed E-state index contributed by atoms with van der Waals surface area (Å²) in [7, 11) is 0. The lowest BCUT2D eigenvalue weighted by Gasteiger charge is -1.80. The molecule has 1 heterocycles. The summed E-state index contributed by atoms with van der Waals surface area (Å²) in [5, 5.41) is 13.3. The Labute approximate surface area is 62.5 Å². The summed E-state index contributed by atoms with van der Waals surface area (Å²) in [6, 6.07) is 0. The molecule has 0 spiro atoms. The van der Waals surface area contributed by atoms with Gasteiger partial charge < -0.3 is 0 Å². The first-order valence-corrected chi connectivity index (χ1v) is 3.66. The molecule has 0 radical (unpaired) electrons. The molecule has 0 aromatic carbocycles. The van der Waals surface area contributed by atoms with E-state index in [1.807, 2.05) is 13.8 Å². The molecule has 0 unspecified atom stereocenters. The van der Waals surface area contributed by atoms with Crippen molar-refractivity contribution in [3.63, 3.8) is 0 Å². The average molecular weight is 144 g/mol. The van der Waals surface area contributed by atoms with E-state index in [1.54, 1.807) is 0 Å². The fourth-order valence-electron chi connectivity index (χ4n) is 0.512. The predicted octanol–water partition coefficient (Wildman–Crippen LogP) is 1.42. The molecular weight excluding hydrogens is 128 g/mol. The van der Waals surface area contributed by atoms with Gasteiger partial charge in [-0.05, 0) is 6.42 Å². The van der Waals surface area contributed by atoms with Crippen molar-refractivity contribution in [3.8, 4) is 0 Å². The van der Waals surface area contributed by atoms with Crippen LogP contribution in [0.3, 0.4) is 0 Å². The van der Waals surface area contributed by atoms with E-state index in [-0.39, 0.29) is 1.43 Å². The van der Waals surface area contributed by atoms with E-state index >= 15 is 0 Å². The van der Waals surface area contributed by atoms with Gasteiger partial charge in [0.2, 0.25) is 0 Å². The van der Waals surface area contributed by atoms with Crippen LogP contribution in [0.2, 0.25) is 0 Å². The van der Waals surface area contributed by atoms with Crippen LogP contribution in [0, 0.1) is 0 Å². The topological polar surface area (TPSA) is 54.5 Å². The fourth-order valence-corrected chi connectivity index (χ4v) is 0.512. The van der Waals surface area contributed by atoms with Crippen molar-refractivity contribution in [3.05, 3.63) is 5.82 Å². The first-order valence-electron chi connectivity index (χ1n) is 3.66. The SMILES string of the molecule is CC.CCCc1nn[nH]n1.[HH]. The molecule has 0 saturated heterocycles. The zero-order valence-corrected chi connectivity index (χ0v) is 6.76. The van der Waals surface area contributed by atoms with Gasteiger partial charge in [0.1, 0.15) is 0 Å². The minimum Gasteiger partial charge on any atom is -0.177 e. The van der Waals surface area contributed by atoms with Crippen LogP contribution >= 0.6 is 0 Å². The highest BCUT2D eigenvalue weighted by molar-refractivity contribution is 4.73. The standard InChI is InChI=1S/C4H8N4.C2H6.H2/c1-2-3-4-5-7-8-6-4;1-2;/h2-3H2,1H3,(H,5,6,7,8);1-2H3;1H. The van der Waals surface area contributed by atoms with E-state index in [9.17, 15) is 0 Å². The molecule has 0 atom stereocenters. The fraction of sp³-hybridized carbons (Fsp3) is 0.833. The summed E-state index contributed by atoms with van der Waals surface area (Å²) in [6.45, 7) is 6.08. The Balaban J connectivity index is 0. The molecule has 0 aliphatic heterocycles. The average Bonchev–Trinajstić information content (AvgIpc) is 2.46. The molecule has 0 saturated carbocycles. The Bertz CT molecular complexity index is 140. The quantitative estimate of drug-likeness (QED) is 0.683. The molecule has 4 heteroatoms. The molecule has 4 nitrogen and oxygen atoms in total. The van der Waals surface area contributed by atoms with Crippen molar-refractivity contribution in [2.75, 3.05) is 0 Å². The molecule has 1 N–H and O–H groups in total. The van der Waals surface area contributed by atoms with Gasteiger partial charge in [-0.15, -0.1) is 10.2 Å². The maximum Gasteiger partial charge on any atom is 0.174 e. The van der Waals surface area contributed by atoms with Crippen molar-refractivity contribution in [1.29, 1.82) is 0 Å². The number of aryl methyl sites for hydroxylation is 1. The number of H-pyrrole nitrogens is 1. The lowest BCUT2D eigenvalue weighted by atomic mass is 10.3. The lowest BCUT2D eigenvalue weighted by Crippen LogP contribution is -1.84. The molecule has 1 aromatic rings. The largest absolute Gasteiger partial charge is 0.177 e. The van der Waals surface area contributed by atoms with E-state index in [0.29, 0.717) is 0 Å². The number of hydrogen-bond acceptors (Lipinski definition) is 3. The summed E-state index contributed by atoms with van der Waals surface area (Å²) in [6.07, 6.45) is 1.98. The third kappa shape index (κ3) is 3.17. The number of aromatic amines is 1. The van der Waals surface area contributed by atoms with Crippen LogP contribution in [-0.4, -0.2) is 20.6 Å². The maximum absolute atomic E-state index is 3.76. The summed E-state index contributed by atoms with van der Waals surface area (Å²) in [5.74, 6) is 0.799. The van der Waals surface area contributed by atoms with Gasteiger partial charge >= 0.3 is 0 Å². The highest BCUT2D eigenvalue weighted by Crippen LogP contribution is 1.87. The van der Waals surface area contributed by atoms with Gasteiger partial charge in [-0.3, -0.25) is 0 Å². The summed E-state index contributed by atoms with van der Waals surface area (Å²) in [4.78, 5) is 0. The Morgan fingerprint density at radius 1 is 1.50 bits per heavy atom. The van der Waals surface area contributed by atoms with Crippen LogP contribution in [0.15, 0.2) is 0 Å². The molecule has 0 aliphatic carbocycles. The van der Waals surface area contributed by atoms with Gasteiger partial charge in [0.05, 0.1) is 0 Å². The second-order valence-corrected chi connectivity index (χ2v) is 1.58. The van der Waals surface area contributed by atoms with Crippen molar-refractivity contribution in [2.45, 2.75) is 33.6 Å². The van der Waals surface area contributed by atoms with Crippen molar-refractivity contribution < 1.29 is 1.43 Å². The van der Waals surface area contributed by atoms with E-state index < -0.39 is 0 Å². The van der Waals surface area contributed by atoms with Gasteiger partial charge in [-0.25, -0.2) is 0 Å². The second kappa shape index (κ2) is 6.19. The third-order valence-corrected chi connectivity index (χ3v) is 0.863. The highest BCUT2D eigenvalue weighted by atomic mass is 15.5. The number of nitrogens with one attached hydrogen (secondary N) is 1. The third-order valence-electron chi connectivity index (χ3n) is 0.863. The van der Waals surface area contributed by atoms with Crippen LogP contribution < -0.4 is 0 Å². The first kappa shape index (κ1) is 9.07. The molecule has 10 heavy (non-hydrogen) atoms. The molecule has 0 fully saturated rings. The Morgan fingerprint density at radius 2 is 2.20 bits per heavy atom. The molecule has 0 amide bonds. The minimum absolute atomic E-state index is 0. The zero-order chi connectivity index (χ0) is 7.82. The van der Waals surface area contributed by atoms with Crippen LogP contribution in [0.1, 0.15) is 34.4 Å². The molecular formula is C6H16N4. The zero-order valence-electron chi connectivity index (χ0n) is 6.76. The smallest absolute Gasteiger partial charge is 0.174 e. The summed E-state index contributed by atoms with van der Waals surface area (Å²) >= 11 is 0. The van der Waals surface area contributed by atoms with Crippen LogP contribution in [0.4, 0.5) is 0 Å². The van der Waals surface area contributed by atoms with Gasteiger partial charge in [-0.1, -0.05) is 26.0 Å². The monoisotopic (exact) mass is 144 g/mol. The first-order chi connectivity index (χ1) is 4.93. The predicted molar refractivity (Wildman–Crippen MR) is 41.6 cm³/mol. The van der Waals surface area contributed by atoms with E-state index in [0.717, 1.165) is 18.7 Å². The van der Waals surface area contributed by atoms with E-state index in [2.05, 4.69) is 27.5 Å². The number of nitrogens with zero attached hydrogens (tertiary/aromatic N) is 3. The van der Waals surface area contributed by atoms with Crippen LogP contribution in [0.25, 0.3) is 0 Å². The van der Waals surface area contributed by atoms with Crippen LogP contribution in [-0.2, 0) is 6.42 Å². The van der Waals surface area contributed by atoms with E-state index in [1.165, 1.54) is 0 Å². The molecule has 1 aromatic heterocycles. The normalized spacial score (nSPS) is 8.30. The Morgan fingerprint density at radius 3 is 2.60 bits per heavy atom. The molecule has 0 bridgehead atoms. The summed E-state index contributed by atoms with van der Waals surface area (Å²) in [5.41, 5.74) is 0. The highest BCUT2D eigenvalue weighted by Gasteiger charge is 1.91. The molecule has 0 aliphatic rings. The Kier molecular flexibility index (Phi) is 5.62. The summed E-state index contributed by atoms with van der Waals surface area (Å²) < 4.78 is 0. The number of tetrazole rings is 1. The van der Waals surface area contributed by atoms with Crippen molar-refractivity contribution in [1.82, 2.24) is 20.6 Å². The van der Waals surface area contributed by atoms with Crippen molar-refractivity contribution in [2.24, 2.45) is 0 Å². The van der Waals surface area contributed by atoms with Gasteiger partial charge in [0.25, 0.3) is 0 Å². The lowest BCUT2D eigenvalue weighted by molar-refractivity contribution is 0.839. The maximum atomic E-state index is 3.76. The van der Waals surface area contributed by atoms with Crippen molar-refractivity contribution >= 4 is 0 Å². The molecule has 60 valence electrons. The van der Waals surface area contributed by atoms with Gasteiger partial charge in [0, 0.05) is 7.85 Å². The van der Waals surface area contributed by atoms with E-state index in [4.69, 9.17) is 0 Å². The van der Waals surface area contributed by atoms with Crippen LogP contribution in [0.5, 0.6) is 0 Å². The Hall–Kier alpha value is -0.930. The second-order valence-electron chi connectivity index (χ2n) is 1.58. The van der Waals surface area contributed by atoms with Gasteiger partial charge in [0.15, 0.2) is 5.82 Å². The number of aromatic nitrogens is 4. The number of rotatable bonds is 2.